The van der Waals surface area contributed by atoms with E-state index in [1.807, 2.05) is 0 Å². The Morgan fingerprint density at radius 3 is 1.68 bits per heavy atom. The van der Waals surface area contributed by atoms with Gasteiger partial charge in [-0.1, -0.05) is 97.7 Å². The third-order valence-electron chi connectivity index (χ3n) is 4.84. The Morgan fingerprint density at radius 1 is 0.789 bits per heavy atom. The molecule has 1 atom stereocenters. The van der Waals surface area contributed by atoms with Gasteiger partial charge in [-0.05, 0) is 11.8 Å². The molecule has 0 nitrogen and oxygen atoms in total. The normalized spacial score (nSPS) is 14.3. The van der Waals surface area contributed by atoms with Gasteiger partial charge in [0, 0.05) is 0 Å². The Labute approximate surface area is 125 Å². The summed E-state index contributed by atoms with van der Waals surface area (Å²) >= 11 is 0. The maximum atomic E-state index is 2.49. The molecule has 0 heterocycles. The van der Waals surface area contributed by atoms with Crippen LogP contribution < -0.4 is 0 Å². The third-order valence-corrected chi connectivity index (χ3v) is 4.84. The summed E-state index contributed by atoms with van der Waals surface area (Å²) in [6.45, 7) is 7.15. The minimum absolute atomic E-state index is 0.634. The zero-order valence-corrected chi connectivity index (χ0v) is 14.4. The average Bonchev–Trinajstić information content (AvgIpc) is 2.41. The summed E-state index contributed by atoms with van der Waals surface area (Å²) in [5.74, 6) is 0. The molecule has 0 fully saturated rings. The molecule has 1 unspecified atom stereocenters. The van der Waals surface area contributed by atoms with Gasteiger partial charge in [-0.3, -0.25) is 0 Å². The summed E-state index contributed by atoms with van der Waals surface area (Å²) in [6, 6.07) is 0. The lowest BCUT2D eigenvalue weighted by Gasteiger charge is -2.27. The first-order valence-corrected chi connectivity index (χ1v) is 9.18. The van der Waals surface area contributed by atoms with Crippen molar-refractivity contribution in [2.24, 2.45) is 5.41 Å². The SMILES string of the molecule is BBCC(C)(CC)CCCCCCCCCCCC. The van der Waals surface area contributed by atoms with E-state index in [0.717, 1.165) is 0 Å². The van der Waals surface area contributed by atoms with Gasteiger partial charge in [0.05, 0.1) is 14.9 Å². The second-order valence-corrected chi connectivity index (χ2v) is 6.85. The molecular formula is C17H38B2. The van der Waals surface area contributed by atoms with Crippen LogP contribution in [-0.4, -0.2) is 14.9 Å². The monoisotopic (exact) mass is 264 g/mol. The lowest BCUT2D eigenvalue weighted by atomic mass is 9.48. The van der Waals surface area contributed by atoms with Crippen LogP contribution in [0.4, 0.5) is 0 Å². The van der Waals surface area contributed by atoms with Crippen LogP contribution in [-0.2, 0) is 0 Å². The lowest BCUT2D eigenvalue weighted by molar-refractivity contribution is 0.307. The molecule has 2 heteroatoms. The molecule has 0 aromatic heterocycles. The first kappa shape index (κ1) is 19.1. The van der Waals surface area contributed by atoms with E-state index in [1.165, 1.54) is 90.5 Å². The zero-order valence-electron chi connectivity index (χ0n) is 14.4. The summed E-state index contributed by atoms with van der Waals surface area (Å²) in [5, 5.41) is 0. The van der Waals surface area contributed by atoms with Crippen molar-refractivity contribution in [1.82, 2.24) is 0 Å². The van der Waals surface area contributed by atoms with Crippen molar-refractivity contribution in [2.75, 3.05) is 0 Å². The second-order valence-electron chi connectivity index (χ2n) is 6.85. The molecule has 0 aliphatic rings. The second kappa shape index (κ2) is 13.1. The van der Waals surface area contributed by atoms with Gasteiger partial charge in [-0.2, -0.15) is 0 Å². The van der Waals surface area contributed by atoms with Gasteiger partial charge in [-0.15, -0.1) is 0 Å². The smallest absolute Gasteiger partial charge is 0.0797 e. The minimum Gasteiger partial charge on any atom is -0.0797 e. The van der Waals surface area contributed by atoms with E-state index in [2.05, 4.69) is 28.5 Å². The summed E-state index contributed by atoms with van der Waals surface area (Å²) in [5.41, 5.74) is 0.634. The average molecular weight is 264 g/mol. The van der Waals surface area contributed by atoms with E-state index >= 15 is 0 Å². The highest BCUT2D eigenvalue weighted by Crippen LogP contribution is 2.32. The minimum atomic E-state index is 0.634. The van der Waals surface area contributed by atoms with Crippen LogP contribution >= 0.6 is 0 Å². The number of hydrogen-bond donors (Lipinski definition) is 0. The van der Waals surface area contributed by atoms with Crippen molar-refractivity contribution >= 4 is 14.9 Å². The summed E-state index contributed by atoms with van der Waals surface area (Å²) in [6.07, 6.45) is 18.8. The zero-order chi connectivity index (χ0) is 14.4. The van der Waals surface area contributed by atoms with E-state index in [1.54, 1.807) is 0 Å². The molecular weight excluding hydrogens is 226 g/mol. The van der Waals surface area contributed by atoms with E-state index < -0.39 is 0 Å². The highest BCUT2D eigenvalue weighted by Gasteiger charge is 2.19. The number of unbranched alkanes of at least 4 members (excludes halogenated alkanes) is 9. The van der Waals surface area contributed by atoms with Gasteiger partial charge in [0.15, 0.2) is 0 Å². The van der Waals surface area contributed by atoms with Crippen LogP contribution in [0.2, 0.25) is 6.32 Å². The van der Waals surface area contributed by atoms with E-state index in [9.17, 15) is 0 Å². The van der Waals surface area contributed by atoms with Crippen molar-refractivity contribution < 1.29 is 0 Å². The Morgan fingerprint density at radius 2 is 1.26 bits per heavy atom. The van der Waals surface area contributed by atoms with Crippen molar-refractivity contribution in [1.29, 1.82) is 0 Å². The van der Waals surface area contributed by atoms with Crippen molar-refractivity contribution in [3.8, 4) is 0 Å². The van der Waals surface area contributed by atoms with Crippen LogP contribution in [0.15, 0.2) is 0 Å². The Bertz CT molecular complexity index is 182. The molecule has 0 spiro atoms. The first-order chi connectivity index (χ1) is 9.18. The quantitative estimate of drug-likeness (QED) is 0.302. The largest absolute Gasteiger partial charge is 0.0828 e. The van der Waals surface area contributed by atoms with Gasteiger partial charge < -0.3 is 0 Å². The van der Waals surface area contributed by atoms with Crippen LogP contribution in [0.25, 0.3) is 0 Å². The van der Waals surface area contributed by atoms with Gasteiger partial charge in [0.2, 0.25) is 0 Å². The van der Waals surface area contributed by atoms with Crippen LogP contribution in [0.3, 0.4) is 0 Å². The molecule has 0 aromatic rings. The highest BCUT2D eigenvalue weighted by atomic mass is 14.2. The topological polar surface area (TPSA) is 0 Å². The summed E-state index contributed by atoms with van der Waals surface area (Å²) in [4.78, 5) is 0. The maximum absolute atomic E-state index is 2.49. The number of hydrogen-bond acceptors (Lipinski definition) is 0. The molecule has 0 radical (unpaired) electrons. The van der Waals surface area contributed by atoms with Crippen LogP contribution in [0, 0.1) is 5.41 Å². The molecule has 0 saturated heterocycles. The molecule has 0 aliphatic carbocycles. The van der Waals surface area contributed by atoms with Crippen molar-refractivity contribution in [3.05, 3.63) is 0 Å². The van der Waals surface area contributed by atoms with E-state index in [-0.39, 0.29) is 0 Å². The van der Waals surface area contributed by atoms with Gasteiger partial charge in [0.1, 0.15) is 0 Å². The summed E-state index contributed by atoms with van der Waals surface area (Å²) < 4.78 is 0. The van der Waals surface area contributed by atoms with Crippen molar-refractivity contribution in [3.63, 3.8) is 0 Å². The van der Waals surface area contributed by atoms with Crippen LogP contribution in [0.1, 0.15) is 97.8 Å². The maximum Gasteiger partial charge on any atom is 0.0828 e. The molecule has 0 aromatic carbocycles. The molecule has 0 N–H and O–H groups in total. The van der Waals surface area contributed by atoms with Gasteiger partial charge in [0.25, 0.3) is 0 Å². The van der Waals surface area contributed by atoms with E-state index in [4.69, 9.17) is 0 Å². The van der Waals surface area contributed by atoms with Gasteiger partial charge >= 0.3 is 0 Å². The predicted octanol–water partition coefficient (Wildman–Crippen LogP) is 5.12. The molecule has 112 valence electrons. The molecule has 0 rings (SSSR count). The van der Waals surface area contributed by atoms with Gasteiger partial charge in [-0.25, -0.2) is 0 Å². The standard InChI is InChI=1S/C17H38B2/c1-4-6-7-8-9-10-11-12-13-14-15-17(3,5-2)16-19-18/h19H,4-16,18H2,1-3H3. The Hall–Kier alpha value is 0.130. The fraction of sp³-hybridized carbons (Fsp3) is 1.00. The fourth-order valence-corrected chi connectivity index (χ4v) is 3.12. The predicted molar refractivity (Wildman–Crippen MR) is 95.4 cm³/mol. The molecule has 0 amide bonds. The first-order valence-electron chi connectivity index (χ1n) is 9.18. The highest BCUT2D eigenvalue weighted by molar-refractivity contribution is 6.89. The Balaban J connectivity index is 3.30. The Kier molecular flexibility index (Phi) is 13.2. The van der Waals surface area contributed by atoms with Crippen LogP contribution in [0.5, 0.6) is 0 Å². The lowest BCUT2D eigenvalue weighted by Crippen LogP contribution is -2.17. The molecule has 0 aliphatic heterocycles. The number of rotatable bonds is 14. The fourth-order valence-electron chi connectivity index (χ4n) is 3.12. The molecule has 0 bridgehead atoms. The molecule has 0 saturated carbocycles. The summed E-state index contributed by atoms with van der Waals surface area (Å²) in [7, 11) is 3.68. The third kappa shape index (κ3) is 11.6. The molecule has 19 heavy (non-hydrogen) atoms. The van der Waals surface area contributed by atoms with E-state index in [0.29, 0.717) is 5.41 Å². The van der Waals surface area contributed by atoms with Crippen molar-refractivity contribution in [2.45, 2.75) is 104 Å².